The number of benzene rings is 2. The maximum Gasteiger partial charge on any atom is 0.193 e. The van der Waals surface area contributed by atoms with E-state index in [1.54, 1.807) is 13.1 Å². The van der Waals surface area contributed by atoms with Gasteiger partial charge in [-0.2, -0.15) is 0 Å². The van der Waals surface area contributed by atoms with E-state index in [0.717, 1.165) is 22.6 Å². The fourth-order valence-corrected chi connectivity index (χ4v) is 3.73. The van der Waals surface area contributed by atoms with Crippen molar-refractivity contribution in [1.82, 2.24) is 10.2 Å². The molecule has 5 nitrogen and oxygen atoms in total. The minimum absolute atomic E-state index is 0.0504. The first-order valence-electron chi connectivity index (χ1n) is 8.29. The molecule has 0 fully saturated rings. The van der Waals surface area contributed by atoms with Gasteiger partial charge in [0.25, 0.3) is 0 Å². The average molecular weight is 428 g/mol. The highest BCUT2D eigenvalue weighted by molar-refractivity contribution is 7.89. The molecule has 0 aliphatic carbocycles. The van der Waals surface area contributed by atoms with Crippen LogP contribution in [0.15, 0.2) is 47.5 Å². The van der Waals surface area contributed by atoms with Crippen LogP contribution in [-0.4, -0.2) is 39.6 Å². The van der Waals surface area contributed by atoms with Crippen LogP contribution in [0.5, 0.6) is 0 Å². The van der Waals surface area contributed by atoms with Crippen molar-refractivity contribution in [3.63, 3.8) is 0 Å². The molecule has 0 aliphatic heterocycles. The number of hydrogen-bond donors (Lipinski definition) is 1. The topological polar surface area (TPSA) is 61.8 Å². The van der Waals surface area contributed by atoms with Gasteiger partial charge in [0.15, 0.2) is 15.8 Å². The molecule has 0 aliphatic rings. The Morgan fingerprint density at radius 1 is 1.04 bits per heavy atom. The van der Waals surface area contributed by atoms with Crippen molar-refractivity contribution < 1.29 is 8.42 Å². The molecule has 0 unspecified atom stereocenters. The van der Waals surface area contributed by atoms with E-state index >= 15 is 0 Å². The fourth-order valence-electron chi connectivity index (χ4n) is 2.61. The molecule has 2 rings (SSSR count). The fraction of sp³-hybridized carbons (Fsp3) is 0.316. The van der Waals surface area contributed by atoms with Crippen LogP contribution in [0.25, 0.3) is 0 Å². The Labute approximate surface area is 170 Å². The van der Waals surface area contributed by atoms with Gasteiger partial charge >= 0.3 is 0 Å². The lowest BCUT2D eigenvalue weighted by Crippen LogP contribution is -2.38. The summed E-state index contributed by atoms with van der Waals surface area (Å²) in [4.78, 5) is 6.28. The van der Waals surface area contributed by atoms with Crippen LogP contribution in [-0.2, 0) is 28.7 Å². The van der Waals surface area contributed by atoms with Gasteiger partial charge in [0, 0.05) is 33.4 Å². The third-order valence-electron chi connectivity index (χ3n) is 3.88. The van der Waals surface area contributed by atoms with Crippen LogP contribution in [0.3, 0.4) is 0 Å². The van der Waals surface area contributed by atoms with Crippen molar-refractivity contribution in [2.45, 2.75) is 18.8 Å². The van der Waals surface area contributed by atoms with E-state index in [2.05, 4.69) is 10.3 Å². The molecule has 146 valence electrons. The molecule has 0 spiro atoms. The molecule has 0 saturated heterocycles. The Balaban J connectivity index is 1.95. The number of nitrogens with zero attached hydrogens (tertiary/aromatic N) is 2. The molecule has 8 heteroatoms. The summed E-state index contributed by atoms with van der Waals surface area (Å²) < 4.78 is 22.7. The standard InChI is InChI=1S/C19H23Cl2N3O2S/c1-22-19(24(2)12-16-8-9-17(20)18(21)10-16)23-11-14-4-6-15(7-5-14)13-27(3,25)26/h4-10H,11-13H2,1-3H3,(H,22,23). The molecule has 0 atom stereocenters. The van der Waals surface area contributed by atoms with Crippen LogP contribution in [0.2, 0.25) is 10.0 Å². The molecular formula is C19H23Cl2N3O2S. The molecule has 27 heavy (non-hydrogen) atoms. The maximum absolute atomic E-state index is 11.4. The zero-order valence-electron chi connectivity index (χ0n) is 15.5. The molecule has 0 heterocycles. The number of hydrogen-bond acceptors (Lipinski definition) is 3. The van der Waals surface area contributed by atoms with Crippen LogP contribution < -0.4 is 5.32 Å². The minimum Gasteiger partial charge on any atom is -0.352 e. The van der Waals surface area contributed by atoms with Crippen molar-refractivity contribution in [1.29, 1.82) is 0 Å². The van der Waals surface area contributed by atoms with E-state index in [1.807, 2.05) is 48.3 Å². The molecule has 0 amide bonds. The van der Waals surface area contributed by atoms with Crippen molar-refractivity contribution in [2.24, 2.45) is 4.99 Å². The summed E-state index contributed by atoms with van der Waals surface area (Å²) in [6.45, 7) is 1.21. The number of aliphatic imine (C=N–C) groups is 1. The number of sulfone groups is 1. The van der Waals surface area contributed by atoms with E-state index < -0.39 is 9.84 Å². The minimum atomic E-state index is -3.03. The normalized spacial score (nSPS) is 12.1. The van der Waals surface area contributed by atoms with Crippen LogP contribution in [0.4, 0.5) is 0 Å². The lowest BCUT2D eigenvalue weighted by molar-refractivity contribution is 0.476. The first kappa shape index (κ1) is 21.5. The Morgan fingerprint density at radius 2 is 1.63 bits per heavy atom. The van der Waals surface area contributed by atoms with Gasteiger partial charge < -0.3 is 10.2 Å². The highest BCUT2D eigenvalue weighted by Crippen LogP contribution is 2.23. The largest absolute Gasteiger partial charge is 0.352 e. The molecule has 0 saturated carbocycles. The summed E-state index contributed by atoms with van der Waals surface area (Å²) in [7, 11) is 0.637. The molecule has 0 radical (unpaired) electrons. The lowest BCUT2D eigenvalue weighted by Gasteiger charge is -2.22. The highest BCUT2D eigenvalue weighted by Gasteiger charge is 2.09. The third-order valence-corrected chi connectivity index (χ3v) is 5.48. The zero-order chi connectivity index (χ0) is 20.0. The van der Waals surface area contributed by atoms with E-state index in [0.29, 0.717) is 23.1 Å². The van der Waals surface area contributed by atoms with Gasteiger partial charge in [0.2, 0.25) is 0 Å². The second kappa shape index (κ2) is 9.44. The maximum atomic E-state index is 11.4. The summed E-state index contributed by atoms with van der Waals surface area (Å²) in [5.74, 6) is 0.788. The highest BCUT2D eigenvalue weighted by atomic mass is 35.5. The van der Waals surface area contributed by atoms with Crippen molar-refractivity contribution in [3.05, 3.63) is 69.2 Å². The predicted molar refractivity (Wildman–Crippen MR) is 113 cm³/mol. The predicted octanol–water partition coefficient (Wildman–Crippen LogP) is 3.75. The summed E-state index contributed by atoms with van der Waals surface area (Å²) in [6, 6.07) is 13.0. The van der Waals surface area contributed by atoms with Gasteiger partial charge in [0.1, 0.15) is 0 Å². The van der Waals surface area contributed by atoms with Gasteiger partial charge in [-0.15, -0.1) is 0 Å². The second-order valence-corrected chi connectivity index (χ2v) is 9.35. The molecule has 0 aromatic heterocycles. The molecule has 2 aromatic rings. The average Bonchev–Trinajstić information content (AvgIpc) is 2.59. The molecule has 2 aromatic carbocycles. The Bertz CT molecular complexity index is 913. The SMILES string of the molecule is CN=C(NCc1ccc(CS(C)(=O)=O)cc1)N(C)Cc1ccc(Cl)c(Cl)c1. The van der Waals surface area contributed by atoms with Gasteiger partial charge in [-0.1, -0.05) is 53.5 Å². The van der Waals surface area contributed by atoms with Crippen molar-refractivity contribution >= 4 is 39.0 Å². The van der Waals surface area contributed by atoms with E-state index in [-0.39, 0.29) is 5.75 Å². The van der Waals surface area contributed by atoms with E-state index in [1.165, 1.54) is 6.26 Å². The van der Waals surface area contributed by atoms with Crippen molar-refractivity contribution in [2.75, 3.05) is 20.4 Å². The molecular weight excluding hydrogens is 405 g/mol. The summed E-state index contributed by atoms with van der Waals surface area (Å²) >= 11 is 12.0. The number of guanidine groups is 1. The quantitative estimate of drug-likeness (QED) is 0.563. The number of rotatable bonds is 6. The van der Waals surface area contributed by atoms with Gasteiger partial charge in [0.05, 0.1) is 15.8 Å². The van der Waals surface area contributed by atoms with E-state index in [4.69, 9.17) is 23.2 Å². The van der Waals surface area contributed by atoms with Crippen LogP contribution in [0, 0.1) is 0 Å². The van der Waals surface area contributed by atoms with Gasteiger partial charge in [-0.3, -0.25) is 4.99 Å². The Kier molecular flexibility index (Phi) is 7.53. The number of halogens is 2. The van der Waals surface area contributed by atoms with Gasteiger partial charge in [-0.25, -0.2) is 8.42 Å². The third kappa shape index (κ3) is 7.05. The first-order valence-corrected chi connectivity index (χ1v) is 11.1. The lowest BCUT2D eigenvalue weighted by atomic mass is 10.1. The monoisotopic (exact) mass is 427 g/mol. The van der Waals surface area contributed by atoms with Crippen LogP contribution >= 0.6 is 23.2 Å². The summed E-state index contributed by atoms with van der Waals surface area (Å²) in [5.41, 5.74) is 2.85. The Morgan fingerprint density at radius 3 is 2.19 bits per heavy atom. The zero-order valence-corrected chi connectivity index (χ0v) is 17.9. The van der Waals surface area contributed by atoms with Crippen LogP contribution in [0.1, 0.15) is 16.7 Å². The van der Waals surface area contributed by atoms with Gasteiger partial charge in [-0.05, 0) is 28.8 Å². The Hall–Kier alpha value is -1.76. The first-order chi connectivity index (χ1) is 12.7. The van der Waals surface area contributed by atoms with Crippen molar-refractivity contribution in [3.8, 4) is 0 Å². The second-order valence-electron chi connectivity index (χ2n) is 6.39. The van der Waals surface area contributed by atoms with E-state index in [9.17, 15) is 8.42 Å². The summed E-state index contributed by atoms with van der Waals surface area (Å²) in [6.07, 6.45) is 1.23. The molecule has 1 N–H and O–H groups in total. The summed E-state index contributed by atoms with van der Waals surface area (Å²) in [5, 5.41) is 4.36. The number of nitrogens with one attached hydrogen (secondary N) is 1. The molecule has 0 bridgehead atoms. The smallest absolute Gasteiger partial charge is 0.193 e.